The number of aliphatic carboxylic acids is 1. The van der Waals surface area contributed by atoms with Crippen LogP contribution in [-0.2, 0) is 4.79 Å². The highest BCUT2D eigenvalue weighted by molar-refractivity contribution is 7.10. The summed E-state index contributed by atoms with van der Waals surface area (Å²) in [7, 11) is 0. The highest BCUT2D eigenvalue weighted by Crippen LogP contribution is 2.36. The van der Waals surface area contributed by atoms with E-state index in [9.17, 15) is 9.90 Å². The average molecular weight is 352 g/mol. The van der Waals surface area contributed by atoms with Crippen LogP contribution < -0.4 is 0 Å². The van der Waals surface area contributed by atoms with Gasteiger partial charge in [-0.15, -0.1) is 11.3 Å². The van der Waals surface area contributed by atoms with Crippen molar-refractivity contribution in [2.24, 2.45) is 0 Å². The highest BCUT2D eigenvalue weighted by Gasteiger charge is 2.36. The van der Waals surface area contributed by atoms with Crippen LogP contribution in [-0.4, -0.2) is 33.5 Å². The van der Waals surface area contributed by atoms with Crippen LogP contribution in [0.25, 0.3) is 10.9 Å². The van der Waals surface area contributed by atoms with E-state index in [4.69, 9.17) is 4.98 Å². The van der Waals surface area contributed by atoms with E-state index < -0.39 is 12.0 Å². The number of pyridine rings is 1. The summed E-state index contributed by atoms with van der Waals surface area (Å²) in [5.74, 6) is -0.734. The highest BCUT2D eigenvalue weighted by atomic mass is 32.1. The van der Waals surface area contributed by atoms with E-state index in [2.05, 4.69) is 17.0 Å². The molecule has 4 rings (SSSR count). The van der Waals surface area contributed by atoms with Crippen molar-refractivity contribution >= 4 is 28.2 Å². The molecule has 0 bridgehead atoms. The van der Waals surface area contributed by atoms with Crippen LogP contribution in [0.2, 0.25) is 0 Å². The molecule has 1 N–H and O–H groups in total. The number of piperidine rings is 1. The van der Waals surface area contributed by atoms with E-state index in [1.165, 1.54) is 0 Å². The second kappa shape index (κ2) is 6.94. The maximum atomic E-state index is 11.8. The first kappa shape index (κ1) is 16.2. The number of thiophene rings is 1. The molecule has 1 fully saturated rings. The first-order chi connectivity index (χ1) is 12.2. The zero-order chi connectivity index (χ0) is 17.2. The number of carbonyl (C=O) groups is 1. The van der Waals surface area contributed by atoms with Crippen molar-refractivity contribution in [2.75, 3.05) is 6.54 Å². The van der Waals surface area contributed by atoms with Gasteiger partial charge in [-0.2, -0.15) is 0 Å². The van der Waals surface area contributed by atoms with Gasteiger partial charge in [0.1, 0.15) is 6.04 Å². The molecule has 1 aliphatic heterocycles. The van der Waals surface area contributed by atoms with Crippen molar-refractivity contribution in [3.8, 4) is 0 Å². The molecule has 2 unspecified atom stereocenters. The summed E-state index contributed by atoms with van der Waals surface area (Å²) in [6, 6.07) is 15.7. The van der Waals surface area contributed by atoms with Gasteiger partial charge in [0, 0.05) is 16.8 Å². The topological polar surface area (TPSA) is 53.4 Å². The van der Waals surface area contributed by atoms with Crippen LogP contribution >= 0.6 is 11.3 Å². The van der Waals surface area contributed by atoms with Gasteiger partial charge in [0.25, 0.3) is 0 Å². The second-order valence-corrected chi connectivity index (χ2v) is 7.41. The van der Waals surface area contributed by atoms with Gasteiger partial charge in [-0.05, 0) is 36.4 Å². The Labute approximate surface area is 150 Å². The lowest BCUT2D eigenvalue weighted by Crippen LogP contribution is -2.46. The Balaban J connectivity index is 1.81. The van der Waals surface area contributed by atoms with Crippen molar-refractivity contribution < 1.29 is 9.90 Å². The molecule has 0 saturated carbocycles. The molecule has 0 aliphatic carbocycles. The predicted octanol–water partition coefficient (Wildman–Crippen LogP) is 4.32. The summed E-state index contributed by atoms with van der Waals surface area (Å²) < 4.78 is 0. The first-order valence-corrected chi connectivity index (χ1v) is 9.49. The van der Waals surface area contributed by atoms with E-state index in [0.717, 1.165) is 40.9 Å². The third-order valence-electron chi connectivity index (χ3n) is 4.87. The standard InChI is InChI=1S/C20H20N2O2S/c23-20(24)17-8-3-4-12-22(17)19(18-9-5-13-25-18)16-11-10-14-6-1-2-7-15(14)21-16/h1-2,5-7,9-11,13,17,19H,3-4,8,12H2,(H,23,24). The molecule has 128 valence electrons. The molecule has 25 heavy (non-hydrogen) atoms. The van der Waals surface area contributed by atoms with Crippen LogP contribution in [0, 0.1) is 0 Å². The maximum Gasteiger partial charge on any atom is 0.320 e. The van der Waals surface area contributed by atoms with Gasteiger partial charge in [0.05, 0.1) is 17.3 Å². The SMILES string of the molecule is O=C(O)C1CCCCN1C(c1ccc2ccccc2n1)c1cccs1. The minimum Gasteiger partial charge on any atom is -0.480 e. The van der Waals surface area contributed by atoms with Crippen molar-refractivity contribution in [2.45, 2.75) is 31.3 Å². The summed E-state index contributed by atoms with van der Waals surface area (Å²) in [5, 5.41) is 12.9. The van der Waals surface area contributed by atoms with E-state index in [1.54, 1.807) is 11.3 Å². The minimum absolute atomic E-state index is 0.106. The van der Waals surface area contributed by atoms with Crippen LogP contribution in [0.4, 0.5) is 0 Å². The number of rotatable bonds is 4. The lowest BCUT2D eigenvalue weighted by atomic mass is 9.97. The fraction of sp³-hybridized carbons (Fsp3) is 0.300. The summed E-state index contributed by atoms with van der Waals surface area (Å²) in [4.78, 5) is 20.0. The van der Waals surface area contributed by atoms with Gasteiger partial charge in [-0.3, -0.25) is 14.7 Å². The summed E-state index contributed by atoms with van der Waals surface area (Å²) in [6.07, 6.45) is 2.69. The van der Waals surface area contributed by atoms with E-state index in [0.29, 0.717) is 6.42 Å². The minimum atomic E-state index is -0.734. The molecule has 4 nitrogen and oxygen atoms in total. The Hall–Kier alpha value is -2.24. The molecular formula is C20H20N2O2S. The first-order valence-electron chi connectivity index (χ1n) is 8.62. The lowest BCUT2D eigenvalue weighted by molar-refractivity contribution is -0.145. The van der Waals surface area contributed by atoms with Gasteiger partial charge in [-0.1, -0.05) is 36.8 Å². The molecule has 1 saturated heterocycles. The number of hydrogen-bond acceptors (Lipinski definition) is 4. The lowest BCUT2D eigenvalue weighted by Gasteiger charge is -2.38. The fourth-order valence-corrected chi connectivity index (χ4v) is 4.54. The number of nitrogens with zero attached hydrogens (tertiary/aromatic N) is 2. The van der Waals surface area contributed by atoms with Gasteiger partial charge in [-0.25, -0.2) is 0 Å². The number of likely N-dealkylation sites (tertiary alicyclic amines) is 1. The number of benzene rings is 1. The molecule has 3 heterocycles. The quantitative estimate of drug-likeness (QED) is 0.759. The third kappa shape index (κ3) is 3.17. The number of para-hydroxylation sites is 1. The number of carboxylic acid groups (broad SMARTS) is 1. The fourth-order valence-electron chi connectivity index (χ4n) is 3.69. The van der Waals surface area contributed by atoms with Crippen LogP contribution in [0.3, 0.4) is 0 Å². The zero-order valence-electron chi connectivity index (χ0n) is 13.8. The maximum absolute atomic E-state index is 11.8. The summed E-state index contributed by atoms with van der Waals surface area (Å²) in [6.45, 7) is 0.786. The summed E-state index contributed by atoms with van der Waals surface area (Å²) >= 11 is 1.66. The molecule has 0 amide bonds. The molecular weight excluding hydrogens is 332 g/mol. The number of aromatic nitrogens is 1. The molecule has 2 aromatic heterocycles. The Morgan fingerprint density at radius 2 is 2.04 bits per heavy atom. The smallest absolute Gasteiger partial charge is 0.320 e. The van der Waals surface area contributed by atoms with Crippen molar-refractivity contribution in [1.29, 1.82) is 0 Å². The van der Waals surface area contributed by atoms with Gasteiger partial charge >= 0.3 is 5.97 Å². The van der Waals surface area contributed by atoms with Crippen LogP contribution in [0.15, 0.2) is 53.9 Å². The third-order valence-corrected chi connectivity index (χ3v) is 5.80. The normalized spacial score (nSPS) is 19.8. The Kier molecular flexibility index (Phi) is 4.51. The second-order valence-electron chi connectivity index (χ2n) is 6.43. The van der Waals surface area contributed by atoms with Crippen molar-refractivity contribution in [3.63, 3.8) is 0 Å². The number of carboxylic acids is 1. The van der Waals surface area contributed by atoms with E-state index in [-0.39, 0.29) is 6.04 Å². The molecule has 1 aliphatic rings. The zero-order valence-corrected chi connectivity index (χ0v) is 14.7. The van der Waals surface area contributed by atoms with Gasteiger partial charge < -0.3 is 5.11 Å². The average Bonchev–Trinajstić information content (AvgIpc) is 3.16. The van der Waals surface area contributed by atoms with Crippen LogP contribution in [0.5, 0.6) is 0 Å². The Morgan fingerprint density at radius 3 is 2.84 bits per heavy atom. The van der Waals surface area contributed by atoms with E-state index >= 15 is 0 Å². The summed E-state index contributed by atoms with van der Waals surface area (Å²) in [5.41, 5.74) is 1.87. The number of fused-ring (bicyclic) bond motifs is 1. The molecule has 0 radical (unpaired) electrons. The van der Waals surface area contributed by atoms with Gasteiger partial charge in [0.2, 0.25) is 0 Å². The molecule has 2 atom stereocenters. The molecule has 3 aromatic rings. The Bertz CT molecular complexity index is 878. The Morgan fingerprint density at radius 1 is 1.16 bits per heavy atom. The molecule has 5 heteroatoms. The van der Waals surface area contributed by atoms with Crippen LogP contribution in [0.1, 0.15) is 35.9 Å². The van der Waals surface area contributed by atoms with Gasteiger partial charge in [0.15, 0.2) is 0 Å². The predicted molar refractivity (Wildman–Crippen MR) is 99.9 cm³/mol. The van der Waals surface area contributed by atoms with E-state index in [1.807, 2.05) is 41.8 Å². The van der Waals surface area contributed by atoms with Crippen molar-refractivity contribution in [3.05, 3.63) is 64.5 Å². The molecule has 1 aromatic carbocycles. The largest absolute Gasteiger partial charge is 0.480 e. The number of hydrogen-bond donors (Lipinski definition) is 1. The van der Waals surface area contributed by atoms with Crippen molar-refractivity contribution in [1.82, 2.24) is 9.88 Å². The molecule has 0 spiro atoms. The monoisotopic (exact) mass is 352 g/mol.